The average Bonchev–Trinajstić information content (AvgIpc) is 2.41. The van der Waals surface area contributed by atoms with Crippen LogP contribution in [-0.4, -0.2) is 41.5 Å². The highest BCUT2D eigenvalue weighted by Crippen LogP contribution is 2.20. The summed E-state index contributed by atoms with van der Waals surface area (Å²) < 4.78 is 26.4. The molecule has 0 spiro atoms. The Balaban J connectivity index is 2.05. The zero-order valence-electron chi connectivity index (χ0n) is 11.3. The molecule has 110 valence electrons. The van der Waals surface area contributed by atoms with Crippen LogP contribution in [0.2, 0.25) is 0 Å². The highest BCUT2D eigenvalue weighted by atomic mass is 19.1. The molecule has 1 aromatic carbocycles. The van der Waals surface area contributed by atoms with Crippen molar-refractivity contribution in [3.63, 3.8) is 0 Å². The van der Waals surface area contributed by atoms with Crippen LogP contribution < -0.4 is 0 Å². The number of benzene rings is 1. The van der Waals surface area contributed by atoms with E-state index in [1.807, 2.05) is 4.90 Å². The molecule has 1 heterocycles. The molecule has 2 rings (SSSR count). The monoisotopic (exact) mass is 283 g/mol. The molecule has 20 heavy (non-hydrogen) atoms. The van der Waals surface area contributed by atoms with Gasteiger partial charge in [-0.05, 0) is 37.9 Å². The number of hydrogen-bond acceptors (Lipinski definition) is 3. The van der Waals surface area contributed by atoms with Crippen LogP contribution in [0.4, 0.5) is 8.78 Å². The van der Waals surface area contributed by atoms with Gasteiger partial charge in [0, 0.05) is 18.7 Å². The number of ketones is 1. The molecular formula is C15H19F2NO2. The van der Waals surface area contributed by atoms with Gasteiger partial charge in [0.2, 0.25) is 0 Å². The molecule has 0 bridgehead atoms. The standard InChI is InChI=1S/C15H19F2NO2/c16-11-4-5-13(14(17)9-11)15(20)10-18-7-2-1-3-12(18)6-8-19/h4-5,9,12,19H,1-3,6-8,10H2. The topological polar surface area (TPSA) is 40.5 Å². The van der Waals surface area contributed by atoms with E-state index < -0.39 is 11.6 Å². The molecule has 1 aliphatic heterocycles. The molecule has 0 amide bonds. The number of carbonyl (C=O) groups is 1. The minimum absolute atomic E-state index is 0.0697. The molecule has 1 aliphatic rings. The Bertz CT molecular complexity index is 477. The third-order valence-corrected chi connectivity index (χ3v) is 3.79. The van der Waals surface area contributed by atoms with E-state index in [0.29, 0.717) is 6.42 Å². The number of Topliss-reactive ketones (excluding diaryl/α,β-unsaturated/α-hetero) is 1. The first-order valence-electron chi connectivity index (χ1n) is 6.95. The zero-order chi connectivity index (χ0) is 14.5. The van der Waals surface area contributed by atoms with Gasteiger partial charge in [-0.15, -0.1) is 0 Å². The summed E-state index contributed by atoms with van der Waals surface area (Å²) in [5.74, 6) is -1.84. The second kappa shape index (κ2) is 6.90. The number of carbonyl (C=O) groups excluding carboxylic acids is 1. The Morgan fingerprint density at radius 1 is 1.35 bits per heavy atom. The van der Waals surface area contributed by atoms with E-state index in [0.717, 1.165) is 37.9 Å². The molecule has 0 radical (unpaired) electrons. The van der Waals surface area contributed by atoms with E-state index in [4.69, 9.17) is 5.11 Å². The maximum atomic E-state index is 13.6. The van der Waals surface area contributed by atoms with Gasteiger partial charge in [-0.1, -0.05) is 6.42 Å². The van der Waals surface area contributed by atoms with Crippen molar-refractivity contribution in [2.24, 2.45) is 0 Å². The third kappa shape index (κ3) is 3.61. The van der Waals surface area contributed by atoms with Crippen molar-refractivity contribution in [3.8, 4) is 0 Å². The van der Waals surface area contributed by atoms with Crippen LogP contribution in [0, 0.1) is 11.6 Å². The fraction of sp³-hybridized carbons (Fsp3) is 0.533. The van der Waals surface area contributed by atoms with Gasteiger partial charge >= 0.3 is 0 Å². The fourth-order valence-corrected chi connectivity index (χ4v) is 2.73. The first-order chi connectivity index (χ1) is 9.61. The summed E-state index contributed by atoms with van der Waals surface area (Å²) in [5, 5.41) is 9.05. The van der Waals surface area contributed by atoms with Gasteiger partial charge in [-0.3, -0.25) is 9.69 Å². The van der Waals surface area contributed by atoms with Crippen LogP contribution in [0.25, 0.3) is 0 Å². The number of halogens is 2. The van der Waals surface area contributed by atoms with Gasteiger partial charge in [-0.25, -0.2) is 8.78 Å². The number of likely N-dealkylation sites (tertiary alicyclic amines) is 1. The normalized spacial score (nSPS) is 20.1. The van der Waals surface area contributed by atoms with Crippen molar-refractivity contribution >= 4 is 5.78 Å². The molecule has 5 heteroatoms. The predicted molar refractivity (Wildman–Crippen MR) is 71.6 cm³/mol. The van der Waals surface area contributed by atoms with Gasteiger partial charge in [0.25, 0.3) is 0 Å². The average molecular weight is 283 g/mol. The van der Waals surface area contributed by atoms with E-state index in [2.05, 4.69) is 0 Å². The summed E-state index contributed by atoms with van der Waals surface area (Å²) in [6, 6.07) is 3.19. The molecule has 1 N–H and O–H groups in total. The summed E-state index contributed by atoms with van der Waals surface area (Å²) in [4.78, 5) is 14.1. The first kappa shape index (κ1) is 15.1. The molecule has 3 nitrogen and oxygen atoms in total. The summed E-state index contributed by atoms with van der Waals surface area (Å²) in [7, 11) is 0. The quantitative estimate of drug-likeness (QED) is 0.844. The van der Waals surface area contributed by atoms with E-state index >= 15 is 0 Å². The molecular weight excluding hydrogens is 264 g/mol. The lowest BCUT2D eigenvalue weighted by atomic mass is 9.98. The van der Waals surface area contributed by atoms with Crippen LogP contribution in [0.3, 0.4) is 0 Å². The summed E-state index contributed by atoms with van der Waals surface area (Å²) >= 11 is 0. The Labute approximate surface area is 117 Å². The second-order valence-corrected chi connectivity index (χ2v) is 5.18. The number of aliphatic hydroxyl groups excluding tert-OH is 1. The van der Waals surface area contributed by atoms with Crippen molar-refractivity contribution < 1.29 is 18.7 Å². The van der Waals surface area contributed by atoms with E-state index in [1.54, 1.807) is 0 Å². The molecule has 1 saturated heterocycles. The molecule has 1 unspecified atom stereocenters. The molecule has 0 aliphatic carbocycles. The Morgan fingerprint density at radius 2 is 2.15 bits per heavy atom. The van der Waals surface area contributed by atoms with E-state index in [1.165, 1.54) is 6.07 Å². The highest BCUT2D eigenvalue weighted by molar-refractivity contribution is 5.97. The molecule has 1 atom stereocenters. The van der Waals surface area contributed by atoms with Crippen LogP contribution in [0.15, 0.2) is 18.2 Å². The summed E-state index contributed by atoms with van der Waals surface area (Å²) in [6.45, 7) is 0.979. The largest absolute Gasteiger partial charge is 0.396 e. The zero-order valence-corrected chi connectivity index (χ0v) is 11.3. The van der Waals surface area contributed by atoms with Gasteiger partial charge in [0.1, 0.15) is 11.6 Å². The van der Waals surface area contributed by atoms with E-state index in [9.17, 15) is 13.6 Å². The minimum Gasteiger partial charge on any atom is -0.396 e. The van der Waals surface area contributed by atoms with Gasteiger partial charge in [0.15, 0.2) is 5.78 Å². The molecule has 1 aromatic rings. The lowest BCUT2D eigenvalue weighted by molar-refractivity contribution is 0.0795. The minimum atomic E-state index is -0.814. The Hall–Kier alpha value is -1.33. The number of rotatable bonds is 5. The maximum absolute atomic E-state index is 13.6. The van der Waals surface area contributed by atoms with Crippen LogP contribution >= 0.6 is 0 Å². The van der Waals surface area contributed by atoms with Crippen molar-refractivity contribution in [3.05, 3.63) is 35.4 Å². The maximum Gasteiger partial charge on any atom is 0.179 e. The number of aliphatic hydroxyl groups is 1. The fourth-order valence-electron chi connectivity index (χ4n) is 2.73. The molecule has 1 fully saturated rings. The summed E-state index contributed by atoms with van der Waals surface area (Å²) in [5.41, 5.74) is -0.0697. The lowest BCUT2D eigenvalue weighted by Crippen LogP contribution is -2.43. The van der Waals surface area contributed by atoms with Crippen molar-refractivity contribution in [2.75, 3.05) is 19.7 Å². The van der Waals surface area contributed by atoms with Crippen molar-refractivity contribution in [1.29, 1.82) is 0 Å². The van der Waals surface area contributed by atoms with Gasteiger partial charge in [0.05, 0.1) is 12.1 Å². The number of hydrogen-bond donors (Lipinski definition) is 1. The Morgan fingerprint density at radius 3 is 2.85 bits per heavy atom. The van der Waals surface area contributed by atoms with Crippen molar-refractivity contribution in [2.45, 2.75) is 31.7 Å². The first-order valence-corrected chi connectivity index (χ1v) is 6.95. The number of nitrogens with zero attached hydrogens (tertiary/aromatic N) is 1. The predicted octanol–water partition coefficient (Wildman–Crippen LogP) is 2.38. The molecule has 0 aromatic heterocycles. The van der Waals surface area contributed by atoms with Gasteiger partial charge in [-0.2, -0.15) is 0 Å². The van der Waals surface area contributed by atoms with Crippen LogP contribution in [-0.2, 0) is 0 Å². The third-order valence-electron chi connectivity index (χ3n) is 3.79. The number of piperidine rings is 1. The lowest BCUT2D eigenvalue weighted by Gasteiger charge is -2.34. The Kier molecular flexibility index (Phi) is 5.20. The molecule has 0 saturated carbocycles. The highest BCUT2D eigenvalue weighted by Gasteiger charge is 2.25. The van der Waals surface area contributed by atoms with E-state index in [-0.39, 0.29) is 30.5 Å². The van der Waals surface area contributed by atoms with Crippen LogP contribution in [0.5, 0.6) is 0 Å². The summed E-state index contributed by atoms with van der Waals surface area (Å²) in [6.07, 6.45) is 3.65. The second-order valence-electron chi connectivity index (χ2n) is 5.18. The SMILES string of the molecule is O=C(CN1CCCCC1CCO)c1ccc(F)cc1F. The smallest absolute Gasteiger partial charge is 0.179 e. The van der Waals surface area contributed by atoms with Gasteiger partial charge < -0.3 is 5.11 Å². The van der Waals surface area contributed by atoms with Crippen molar-refractivity contribution in [1.82, 2.24) is 4.90 Å². The van der Waals surface area contributed by atoms with Crippen LogP contribution in [0.1, 0.15) is 36.0 Å².